The van der Waals surface area contributed by atoms with Gasteiger partial charge in [-0.2, -0.15) is 0 Å². The van der Waals surface area contributed by atoms with E-state index in [0.717, 1.165) is 37.1 Å². The van der Waals surface area contributed by atoms with E-state index in [2.05, 4.69) is 44.6 Å². The van der Waals surface area contributed by atoms with Crippen LogP contribution in [-0.4, -0.2) is 50.8 Å². The smallest absolute Gasteiger partial charge is 0.223 e. The molecule has 176 valence electrons. The molecule has 0 bridgehead atoms. The first kappa shape index (κ1) is 23.2. The molecule has 2 aromatic rings. The highest BCUT2D eigenvalue weighted by molar-refractivity contribution is 5.80. The van der Waals surface area contributed by atoms with E-state index in [1.54, 1.807) is 0 Å². The molecule has 2 aliphatic heterocycles. The number of aryl methyl sites for hydroxylation is 2. The quantitative estimate of drug-likeness (QED) is 0.631. The topological polar surface area (TPSA) is 87.2 Å². The Balaban J connectivity index is 1.44. The highest BCUT2D eigenvalue weighted by atomic mass is 16.2. The number of rotatable bonds is 7. The maximum Gasteiger partial charge on any atom is 0.223 e. The predicted octanol–water partition coefficient (Wildman–Crippen LogP) is 3.56. The van der Waals surface area contributed by atoms with Crippen LogP contribution >= 0.6 is 0 Å². The molecule has 3 heterocycles. The Kier molecular flexibility index (Phi) is 6.96. The van der Waals surface area contributed by atoms with Crippen molar-refractivity contribution >= 4 is 17.8 Å². The van der Waals surface area contributed by atoms with Gasteiger partial charge in [0.2, 0.25) is 17.8 Å². The minimum atomic E-state index is -0.367. The summed E-state index contributed by atoms with van der Waals surface area (Å²) < 4.78 is 0. The number of likely N-dealkylation sites (tertiary alicyclic amines) is 1. The number of hydrogen-bond donors (Lipinski definition) is 2. The predicted molar refractivity (Wildman–Crippen MR) is 129 cm³/mol. The van der Waals surface area contributed by atoms with E-state index in [1.165, 1.54) is 5.56 Å². The SMILES string of the molecule is Cc1cc(C)nc(NCCCC(=O)N2[C@H](Cc3ccccc3)C[C@]3(C)NC(=O)CCC[C@H]23)n1. The van der Waals surface area contributed by atoms with Crippen molar-refractivity contribution in [3.8, 4) is 0 Å². The second-order valence-electron chi connectivity index (χ2n) is 9.73. The Morgan fingerprint density at radius 2 is 1.94 bits per heavy atom. The van der Waals surface area contributed by atoms with Crippen LogP contribution in [0.15, 0.2) is 36.4 Å². The number of anilines is 1. The first-order valence-electron chi connectivity index (χ1n) is 12.1. The molecular weight excluding hydrogens is 414 g/mol. The molecule has 3 atom stereocenters. The summed E-state index contributed by atoms with van der Waals surface area (Å²) in [5.74, 6) is 0.886. The first-order valence-corrected chi connectivity index (χ1v) is 12.1. The van der Waals surface area contributed by atoms with Crippen LogP contribution < -0.4 is 10.6 Å². The zero-order valence-corrected chi connectivity index (χ0v) is 19.9. The highest BCUT2D eigenvalue weighted by Crippen LogP contribution is 2.39. The molecule has 2 fully saturated rings. The Morgan fingerprint density at radius 3 is 2.67 bits per heavy atom. The molecular formula is C26H35N5O2. The lowest BCUT2D eigenvalue weighted by Crippen LogP contribution is -2.54. The molecule has 0 spiro atoms. The van der Waals surface area contributed by atoms with Crippen molar-refractivity contribution in [3.05, 3.63) is 53.3 Å². The van der Waals surface area contributed by atoms with Crippen molar-refractivity contribution in [2.45, 2.75) is 83.3 Å². The summed E-state index contributed by atoms with van der Waals surface area (Å²) in [7, 11) is 0. The fourth-order valence-corrected chi connectivity index (χ4v) is 5.52. The van der Waals surface area contributed by atoms with Crippen molar-refractivity contribution in [3.63, 3.8) is 0 Å². The van der Waals surface area contributed by atoms with Crippen LogP contribution in [0.1, 0.15) is 62.4 Å². The van der Waals surface area contributed by atoms with Crippen molar-refractivity contribution in [2.24, 2.45) is 0 Å². The van der Waals surface area contributed by atoms with Crippen LogP contribution in [-0.2, 0) is 16.0 Å². The Labute approximate surface area is 196 Å². The minimum absolute atomic E-state index is 0.0425. The van der Waals surface area contributed by atoms with Gasteiger partial charge in [-0.15, -0.1) is 0 Å². The molecule has 2 aliphatic rings. The number of amides is 2. The van der Waals surface area contributed by atoms with Gasteiger partial charge in [-0.3, -0.25) is 9.59 Å². The van der Waals surface area contributed by atoms with Gasteiger partial charge in [-0.25, -0.2) is 9.97 Å². The van der Waals surface area contributed by atoms with Gasteiger partial charge in [0.25, 0.3) is 0 Å². The second-order valence-corrected chi connectivity index (χ2v) is 9.73. The lowest BCUT2D eigenvalue weighted by Gasteiger charge is -2.35. The summed E-state index contributed by atoms with van der Waals surface area (Å²) in [6, 6.07) is 12.4. The number of carbonyl (C=O) groups excluding carboxylic acids is 2. The Hall–Kier alpha value is -2.96. The number of nitrogens with zero attached hydrogens (tertiary/aromatic N) is 3. The molecule has 1 aromatic heterocycles. The van der Waals surface area contributed by atoms with E-state index in [1.807, 2.05) is 38.1 Å². The van der Waals surface area contributed by atoms with Gasteiger partial charge in [0, 0.05) is 36.8 Å². The van der Waals surface area contributed by atoms with E-state index in [0.29, 0.717) is 31.8 Å². The van der Waals surface area contributed by atoms with Gasteiger partial charge in [0.15, 0.2) is 0 Å². The van der Waals surface area contributed by atoms with Crippen molar-refractivity contribution in [1.82, 2.24) is 20.2 Å². The van der Waals surface area contributed by atoms with Crippen molar-refractivity contribution in [1.29, 1.82) is 0 Å². The second kappa shape index (κ2) is 9.89. The molecule has 0 aliphatic carbocycles. The van der Waals surface area contributed by atoms with E-state index in [4.69, 9.17) is 0 Å². The molecule has 2 amide bonds. The van der Waals surface area contributed by atoms with E-state index >= 15 is 0 Å². The molecule has 0 radical (unpaired) electrons. The molecule has 0 saturated carbocycles. The van der Waals surface area contributed by atoms with Crippen LogP contribution in [0.3, 0.4) is 0 Å². The standard InChI is InChI=1S/C26H35N5O2/c1-18-15-19(2)29-25(28-18)27-14-8-13-24(33)31-21(16-20-9-5-4-6-10-20)17-26(3)22(31)11-7-12-23(32)30-26/h4-6,9-10,15,21-22H,7-8,11-14,16-17H2,1-3H3,(H,30,32)(H,27,28,29)/t21-,22+,26+/m1/s1. The lowest BCUT2D eigenvalue weighted by atomic mass is 9.88. The fraction of sp³-hybridized carbons (Fsp3) is 0.538. The van der Waals surface area contributed by atoms with Gasteiger partial charge in [-0.1, -0.05) is 30.3 Å². The zero-order chi connectivity index (χ0) is 23.4. The third-order valence-electron chi connectivity index (χ3n) is 6.87. The molecule has 1 aromatic carbocycles. The van der Waals surface area contributed by atoms with Crippen LogP contribution in [0, 0.1) is 13.8 Å². The summed E-state index contributed by atoms with van der Waals surface area (Å²) in [6.45, 7) is 6.66. The molecule has 2 N–H and O–H groups in total. The van der Waals surface area contributed by atoms with Crippen LogP contribution in [0.25, 0.3) is 0 Å². The largest absolute Gasteiger partial charge is 0.354 e. The maximum atomic E-state index is 13.5. The van der Waals surface area contributed by atoms with E-state index in [-0.39, 0.29) is 29.4 Å². The summed E-state index contributed by atoms with van der Waals surface area (Å²) in [6.07, 6.45) is 4.99. The highest BCUT2D eigenvalue weighted by Gasteiger charge is 2.52. The van der Waals surface area contributed by atoms with Crippen molar-refractivity contribution < 1.29 is 9.59 Å². The first-order chi connectivity index (χ1) is 15.8. The number of benzene rings is 1. The number of fused-ring (bicyclic) bond motifs is 1. The van der Waals surface area contributed by atoms with E-state index < -0.39 is 0 Å². The number of aromatic nitrogens is 2. The summed E-state index contributed by atoms with van der Waals surface area (Å²) in [5, 5.41) is 6.51. The average molecular weight is 450 g/mol. The summed E-state index contributed by atoms with van der Waals surface area (Å²) in [4.78, 5) is 36.8. The van der Waals surface area contributed by atoms with Gasteiger partial charge in [0.1, 0.15) is 0 Å². The van der Waals surface area contributed by atoms with Gasteiger partial charge in [0.05, 0.1) is 11.6 Å². The van der Waals surface area contributed by atoms with Crippen LogP contribution in [0.4, 0.5) is 5.95 Å². The number of nitrogens with one attached hydrogen (secondary N) is 2. The third kappa shape index (κ3) is 5.52. The van der Waals surface area contributed by atoms with Gasteiger partial charge in [-0.05, 0) is 64.5 Å². The maximum absolute atomic E-state index is 13.5. The van der Waals surface area contributed by atoms with Gasteiger partial charge < -0.3 is 15.5 Å². The molecule has 33 heavy (non-hydrogen) atoms. The average Bonchev–Trinajstić information content (AvgIpc) is 2.92. The van der Waals surface area contributed by atoms with E-state index in [9.17, 15) is 9.59 Å². The van der Waals surface area contributed by atoms with Gasteiger partial charge >= 0.3 is 0 Å². The summed E-state index contributed by atoms with van der Waals surface area (Å²) >= 11 is 0. The minimum Gasteiger partial charge on any atom is -0.354 e. The Morgan fingerprint density at radius 1 is 1.21 bits per heavy atom. The number of carbonyl (C=O) groups is 2. The summed E-state index contributed by atoms with van der Waals surface area (Å²) in [5.41, 5.74) is 2.71. The molecule has 2 saturated heterocycles. The molecule has 7 nitrogen and oxygen atoms in total. The lowest BCUT2D eigenvalue weighted by molar-refractivity contribution is -0.135. The fourth-order valence-electron chi connectivity index (χ4n) is 5.52. The molecule has 0 unspecified atom stereocenters. The normalized spacial score (nSPS) is 24.7. The van der Waals surface area contributed by atoms with Crippen molar-refractivity contribution in [2.75, 3.05) is 11.9 Å². The molecule has 7 heteroatoms. The Bertz CT molecular complexity index is 975. The zero-order valence-electron chi connectivity index (χ0n) is 19.9. The van der Waals surface area contributed by atoms with Crippen LogP contribution in [0.2, 0.25) is 0 Å². The third-order valence-corrected chi connectivity index (χ3v) is 6.87. The monoisotopic (exact) mass is 449 g/mol. The van der Waals surface area contributed by atoms with Crippen LogP contribution in [0.5, 0.6) is 0 Å². The molecule has 4 rings (SSSR count). The number of hydrogen-bond acceptors (Lipinski definition) is 5.